The quantitative estimate of drug-likeness (QED) is 0.311. The highest BCUT2D eigenvalue weighted by molar-refractivity contribution is 7.92. The van der Waals surface area contributed by atoms with Gasteiger partial charge in [0.2, 0.25) is 0 Å². The fraction of sp³-hybridized carbons (Fsp3) is 0.0800. The van der Waals surface area contributed by atoms with Crippen molar-refractivity contribution in [2.24, 2.45) is 0 Å². The zero-order chi connectivity index (χ0) is 25.9. The van der Waals surface area contributed by atoms with Crippen molar-refractivity contribution in [1.82, 2.24) is 0 Å². The Bertz CT molecular complexity index is 1600. The second-order valence-electron chi connectivity index (χ2n) is 7.93. The zero-order valence-corrected chi connectivity index (χ0v) is 21.3. The lowest BCUT2D eigenvalue weighted by atomic mass is 10.2. The van der Waals surface area contributed by atoms with Crippen LogP contribution in [0.2, 0.25) is 5.02 Å². The van der Waals surface area contributed by atoms with Gasteiger partial charge < -0.3 is 9.73 Å². The molecule has 0 unspecified atom stereocenters. The largest absolute Gasteiger partial charge is 0.459 e. The second-order valence-corrected chi connectivity index (χ2v) is 12.0. The van der Waals surface area contributed by atoms with Crippen molar-refractivity contribution in [2.45, 2.75) is 22.5 Å². The molecule has 1 amide bonds. The number of hydrogen-bond acceptors (Lipinski definition) is 6. The minimum atomic E-state index is -4.06. The van der Waals surface area contributed by atoms with E-state index in [-0.39, 0.29) is 32.5 Å². The Morgan fingerprint density at radius 2 is 1.56 bits per heavy atom. The van der Waals surface area contributed by atoms with Crippen LogP contribution in [0.25, 0.3) is 0 Å². The number of halogens is 1. The van der Waals surface area contributed by atoms with E-state index in [1.807, 2.05) is 6.92 Å². The summed E-state index contributed by atoms with van der Waals surface area (Å²) < 4.78 is 59.8. The van der Waals surface area contributed by atoms with E-state index in [1.165, 1.54) is 66.9 Å². The number of carbonyl (C=O) groups is 1. The predicted octanol–water partition coefficient (Wildman–Crippen LogP) is 5.27. The molecule has 4 aromatic rings. The fourth-order valence-corrected chi connectivity index (χ4v) is 5.93. The SMILES string of the molecule is Cc1ccc(S(=O)(=O)Cc2cc(NC(=O)c3ccco3)ccc2NS(=O)(=O)c2ccc(Cl)cc2)cc1. The number of anilines is 2. The second kappa shape index (κ2) is 10.2. The van der Waals surface area contributed by atoms with Crippen molar-refractivity contribution in [3.05, 3.63) is 107 Å². The van der Waals surface area contributed by atoms with Gasteiger partial charge in [0, 0.05) is 10.7 Å². The summed E-state index contributed by atoms with van der Waals surface area (Å²) >= 11 is 5.86. The third-order valence-corrected chi connectivity index (χ3v) is 8.52. The van der Waals surface area contributed by atoms with Crippen molar-refractivity contribution in [3.63, 3.8) is 0 Å². The molecule has 0 aliphatic rings. The van der Waals surface area contributed by atoms with Crippen molar-refractivity contribution >= 4 is 48.7 Å². The van der Waals surface area contributed by atoms with Crippen LogP contribution in [-0.2, 0) is 25.6 Å². The summed E-state index contributed by atoms with van der Waals surface area (Å²) in [4.78, 5) is 12.4. The molecule has 0 fully saturated rings. The average Bonchev–Trinajstić information content (AvgIpc) is 3.36. The summed E-state index contributed by atoms with van der Waals surface area (Å²) in [5, 5.41) is 3.00. The molecule has 0 radical (unpaired) electrons. The fourth-order valence-electron chi connectivity index (χ4n) is 3.34. The van der Waals surface area contributed by atoms with Gasteiger partial charge in [-0.25, -0.2) is 16.8 Å². The van der Waals surface area contributed by atoms with Crippen LogP contribution in [-0.4, -0.2) is 22.7 Å². The molecule has 0 spiro atoms. The number of sulfone groups is 1. The van der Waals surface area contributed by atoms with Gasteiger partial charge in [-0.15, -0.1) is 0 Å². The van der Waals surface area contributed by atoms with Gasteiger partial charge in [0.05, 0.1) is 27.5 Å². The minimum absolute atomic E-state index is 0.0468. The molecule has 0 bridgehead atoms. The van der Waals surface area contributed by atoms with Gasteiger partial charge in [-0.3, -0.25) is 9.52 Å². The number of benzene rings is 3. The molecule has 0 saturated carbocycles. The maximum absolute atomic E-state index is 13.2. The Morgan fingerprint density at radius 1 is 0.889 bits per heavy atom. The third kappa shape index (κ3) is 5.96. The molecular weight excluding hydrogens is 524 g/mol. The van der Waals surface area contributed by atoms with Crippen molar-refractivity contribution < 1.29 is 26.0 Å². The summed E-state index contributed by atoms with van der Waals surface area (Å²) in [6.07, 6.45) is 1.35. The molecule has 1 heterocycles. The monoisotopic (exact) mass is 544 g/mol. The highest BCUT2D eigenvalue weighted by Gasteiger charge is 2.22. The van der Waals surface area contributed by atoms with Gasteiger partial charge >= 0.3 is 0 Å². The van der Waals surface area contributed by atoms with Crippen LogP contribution in [0, 0.1) is 6.92 Å². The average molecular weight is 545 g/mol. The van der Waals surface area contributed by atoms with Crippen LogP contribution in [0.3, 0.4) is 0 Å². The molecule has 0 atom stereocenters. The van der Waals surface area contributed by atoms with Crippen molar-refractivity contribution in [3.8, 4) is 0 Å². The van der Waals surface area contributed by atoms with E-state index in [9.17, 15) is 21.6 Å². The molecule has 1 aromatic heterocycles. The summed E-state index contributed by atoms with van der Waals surface area (Å²) in [5.74, 6) is -0.989. The zero-order valence-electron chi connectivity index (χ0n) is 18.9. The predicted molar refractivity (Wildman–Crippen MR) is 137 cm³/mol. The smallest absolute Gasteiger partial charge is 0.291 e. The molecule has 36 heavy (non-hydrogen) atoms. The van der Waals surface area contributed by atoms with Crippen molar-refractivity contribution in [2.75, 3.05) is 10.0 Å². The molecule has 0 aliphatic heterocycles. The first-order valence-corrected chi connectivity index (χ1v) is 14.1. The van der Waals surface area contributed by atoms with Gasteiger partial charge in [0.15, 0.2) is 15.6 Å². The Kier molecular flexibility index (Phi) is 7.21. The van der Waals surface area contributed by atoms with Crippen LogP contribution in [0.15, 0.2) is 99.3 Å². The third-order valence-electron chi connectivity index (χ3n) is 5.20. The molecule has 8 nitrogen and oxygen atoms in total. The standard InChI is InChI=1S/C25H21ClN2O6S2/c1-17-4-9-21(10-5-17)35(30,31)16-18-15-20(27-25(29)24-3-2-14-34-24)8-13-23(18)28-36(32,33)22-11-6-19(26)7-12-22/h2-15,28H,16H2,1H3,(H,27,29). The van der Waals surface area contributed by atoms with Crippen LogP contribution < -0.4 is 10.0 Å². The lowest BCUT2D eigenvalue weighted by Gasteiger charge is -2.15. The Morgan fingerprint density at radius 3 is 2.19 bits per heavy atom. The molecule has 11 heteroatoms. The van der Waals surface area contributed by atoms with E-state index in [4.69, 9.17) is 16.0 Å². The van der Waals surface area contributed by atoms with Gasteiger partial charge in [0.1, 0.15) is 0 Å². The van der Waals surface area contributed by atoms with E-state index >= 15 is 0 Å². The lowest BCUT2D eigenvalue weighted by molar-refractivity contribution is 0.0996. The maximum atomic E-state index is 13.2. The topological polar surface area (TPSA) is 123 Å². The number of amides is 1. The Hall–Kier alpha value is -3.60. The summed E-state index contributed by atoms with van der Waals surface area (Å²) in [7, 11) is -7.91. The Balaban J connectivity index is 1.71. The number of aryl methyl sites for hydroxylation is 1. The van der Waals surface area contributed by atoms with Gasteiger partial charge in [-0.05, 0) is 79.2 Å². The molecule has 186 valence electrons. The number of hydrogen-bond donors (Lipinski definition) is 2. The molecule has 0 aliphatic carbocycles. The first-order chi connectivity index (χ1) is 17.0. The minimum Gasteiger partial charge on any atom is -0.459 e. The highest BCUT2D eigenvalue weighted by atomic mass is 35.5. The van der Waals surface area contributed by atoms with Crippen molar-refractivity contribution in [1.29, 1.82) is 0 Å². The Labute approximate surface area is 213 Å². The molecule has 4 rings (SSSR count). The van der Waals surface area contributed by atoms with E-state index in [0.717, 1.165) is 5.56 Å². The van der Waals surface area contributed by atoms with Crippen LogP contribution in [0.5, 0.6) is 0 Å². The van der Waals surface area contributed by atoms with Crippen LogP contribution >= 0.6 is 11.6 Å². The van der Waals surface area contributed by atoms with Gasteiger partial charge in [-0.2, -0.15) is 0 Å². The summed E-state index contributed by atoms with van der Waals surface area (Å²) in [6, 6.07) is 19.2. The summed E-state index contributed by atoms with van der Waals surface area (Å²) in [5.41, 5.74) is 1.36. The van der Waals surface area contributed by atoms with Gasteiger partial charge in [0.25, 0.3) is 15.9 Å². The number of carbonyl (C=O) groups excluding carboxylic acids is 1. The van der Waals surface area contributed by atoms with Crippen LogP contribution in [0.4, 0.5) is 11.4 Å². The molecule has 0 saturated heterocycles. The first-order valence-electron chi connectivity index (χ1n) is 10.6. The number of sulfonamides is 1. The highest BCUT2D eigenvalue weighted by Crippen LogP contribution is 2.28. The van der Waals surface area contributed by atoms with E-state index in [2.05, 4.69) is 10.0 Å². The summed E-state index contributed by atoms with van der Waals surface area (Å²) in [6.45, 7) is 1.84. The van der Waals surface area contributed by atoms with Crippen LogP contribution in [0.1, 0.15) is 21.7 Å². The lowest BCUT2D eigenvalue weighted by Crippen LogP contribution is -2.16. The maximum Gasteiger partial charge on any atom is 0.291 e. The normalized spacial score (nSPS) is 11.7. The molecule has 2 N–H and O–H groups in total. The molecule has 3 aromatic carbocycles. The molecular formula is C25H21ClN2O6S2. The van der Waals surface area contributed by atoms with E-state index in [0.29, 0.717) is 5.02 Å². The first kappa shape index (κ1) is 25.5. The van der Waals surface area contributed by atoms with Gasteiger partial charge in [-0.1, -0.05) is 29.3 Å². The van der Waals surface area contributed by atoms with E-state index in [1.54, 1.807) is 18.2 Å². The number of nitrogens with one attached hydrogen (secondary N) is 2. The van der Waals surface area contributed by atoms with E-state index < -0.39 is 31.5 Å². The number of furan rings is 1. The number of rotatable bonds is 8.